The fraction of sp³-hybridized carbons (Fsp3) is 0.250. The molecule has 0 amide bonds. The van der Waals surface area contributed by atoms with Crippen LogP contribution in [0, 0.1) is 0 Å². The molecule has 1 aromatic heterocycles. The van der Waals surface area contributed by atoms with Gasteiger partial charge in [-0.05, 0) is 18.6 Å². The SMILES string of the molecule is COC(=O)CCCOc1cc(/C=C/C(=O)c2ccccc2)ncc1OC. The second-order valence-electron chi connectivity index (χ2n) is 5.35. The molecule has 0 N–H and O–H groups in total. The highest BCUT2D eigenvalue weighted by Gasteiger charge is 2.08. The molecule has 0 saturated carbocycles. The molecule has 0 aliphatic carbocycles. The van der Waals surface area contributed by atoms with Crippen molar-refractivity contribution in [3.8, 4) is 11.5 Å². The van der Waals surface area contributed by atoms with Crippen molar-refractivity contribution in [2.45, 2.75) is 12.8 Å². The first-order valence-electron chi connectivity index (χ1n) is 8.15. The number of ketones is 1. The van der Waals surface area contributed by atoms with Crippen molar-refractivity contribution in [2.75, 3.05) is 20.8 Å². The highest BCUT2D eigenvalue weighted by molar-refractivity contribution is 6.06. The van der Waals surface area contributed by atoms with Gasteiger partial charge < -0.3 is 14.2 Å². The minimum Gasteiger partial charge on any atom is -0.491 e. The van der Waals surface area contributed by atoms with E-state index in [1.165, 1.54) is 26.5 Å². The smallest absolute Gasteiger partial charge is 0.305 e. The summed E-state index contributed by atoms with van der Waals surface area (Å²) < 4.78 is 15.5. The zero-order chi connectivity index (χ0) is 18.8. The molecule has 0 radical (unpaired) electrons. The number of benzene rings is 1. The number of carbonyl (C=O) groups excluding carboxylic acids is 2. The van der Waals surface area contributed by atoms with Crippen LogP contribution in [0.3, 0.4) is 0 Å². The Hall–Kier alpha value is -3.15. The summed E-state index contributed by atoms with van der Waals surface area (Å²) in [6.07, 6.45) is 5.42. The lowest BCUT2D eigenvalue weighted by molar-refractivity contribution is -0.140. The predicted molar refractivity (Wildman–Crippen MR) is 97.3 cm³/mol. The highest BCUT2D eigenvalue weighted by atomic mass is 16.5. The molecule has 0 spiro atoms. The van der Waals surface area contributed by atoms with Crippen LogP contribution in [0.5, 0.6) is 11.5 Å². The van der Waals surface area contributed by atoms with Crippen LogP contribution in [0.4, 0.5) is 0 Å². The summed E-state index contributed by atoms with van der Waals surface area (Å²) in [5.74, 6) is 0.593. The Labute approximate surface area is 152 Å². The van der Waals surface area contributed by atoms with Crippen molar-refractivity contribution in [1.82, 2.24) is 4.98 Å². The largest absolute Gasteiger partial charge is 0.491 e. The van der Waals surface area contributed by atoms with Crippen LogP contribution < -0.4 is 9.47 Å². The maximum Gasteiger partial charge on any atom is 0.305 e. The van der Waals surface area contributed by atoms with Crippen LogP contribution >= 0.6 is 0 Å². The van der Waals surface area contributed by atoms with E-state index in [0.717, 1.165) is 0 Å². The Bertz CT molecular complexity index is 771. The number of methoxy groups -OCH3 is 2. The molecule has 2 aromatic rings. The summed E-state index contributed by atoms with van der Waals surface area (Å²) in [4.78, 5) is 27.5. The van der Waals surface area contributed by atoms with E-state index in [0.29, 0.717) is 35.8 Å². The van der Waals surface area contributed by atoms with Crippen LogP contribution in [0.25, 0.3) is 6.08 Å². The van der Waals surface area contributed by atoms with Gasteiger partial charge in [-0.1, -0.05) is 30.3 Å². The van der Waals surface area contributed by atoms with Gasteiger partial charge in [0.2, 0.25) is 0 Å². The lowest BCUT2D eigenvalue weighted by atomic mass is 10.1. The molecule has 0 bridgehead atoms. The maximum absolute atomic E-state index is 12.1. The number of pyridine rings is 1. The summed E-state index contributed by atoms with van der Waals surface area (Å²) in [6, 6.07) is 10.7. The van der Waals surface area contributed by atoms with Gasteiger partial charge in [-0.15, -0.1) is 0 Å². The van der Waals surface area contributed by atoms with Gasteiger partial charge in [-0.3, -0.25) is 14.6 Å². The topological polar surface area (TPSA) is 74.7 Å². The van der Waals surface area contributed by atoms with Crippen LogP contribution in [0.15, 0.2) is 48.7 Å². The molecule has 2 rings (SSSR count). The minimum atomic E-state index is -0.279. The van der Waals surface area contributed by atoms with Crippen LogP contribution in [0.2, 0.25) is 0 Å². The van der Waals surface area contributed by atoms with Crippen molar-refractivity contribution in [3.63, 3.8) is 0 Å². The second-order valence-corrected chi connectivity index (χ2v) is 5.35. The first-order chi connectivity index (χ1) is 12.6. The van der Waals surface area contributed by atoms with Crippen molar-refractivity contribution in [2.24, 2.45) is 0 Å². The zero-order valence-electron chi connectivity index (χ0n) is 14.8. The second kappa shape index (κ2) is 9.98. The van der Waals surface area contributed by atoms with Gasteiger partial charge in [-0.25, -0.2) is 0 Å². The summed E-state index contributed by atoms with van der Waals surface area (Å²) in [6.45, 7) is 0.335. The van der Waals surface area contributed by atoms with E-state index >= 15 is 0 Å². The number of allylic oxidation sites excluding steroid dienone is 1. The van der Waals surface area contributed by atoms with Crippen LogP contribution in [-0.2, 0) is 9.53 Å². The van der Waals surface area contributed by atoms with Gasteiger partial charge in [0, 0.05) is 18.1 Å². The molecular formula is C20H21NO5. The summed E-state index contributed by atoms with van der Waals surface area (Å²) >= 11 is 0. The first-order valence-corrected chi connectivity index (χ1v) is 8.15. The number of ether oxygens (including phenoxy) is 3. The molecule has 26 heavy (non-hydrogen) atoms. The van der Waals surface area contributed by atoms with E-state index in [-0.39, 0.29) is 18.2 Å². The Kier molecular flexibility index (Phi) is 7.36. The summed E-state index contributed by atoms with van der Waals surface area (Å²) in [5.41, 5.74) is 1.18. The molecule has 0 aliphatic rings. The maximum atomic E-state index is 12.1. The number of aromatic nitrogens is 1. The van der Waals surface area contributed by atoms with Crippen molar-refractivity contribution >= 4 is 17.8 Å². The third kappa shape index (κ3) is 5.73. The Balaban J connectivity index is 2.02. The zero-order valence-corrected chi connectivity index (χ0v) is 14.8. The molecular weight excluding hydrogens is 334 g/mol. The molecule has 6 nitrogen and oxygen atoms in total. The Morgan fingerprint density at radius 1 is 1.12 bits per heavy atom. The first kappa shape index (κ1) is 19.2. The number of carbonyl (C=O) groups is 2. The molecule has 0 atom stereocenters. The average Bonchev–Trinajstić information content (AvgIpc) is 2.69. The van der Waals surface area contributed by atoms with Crippen LogP contribution in [-0.4, -0.2) is 37.6 Å². The van der Waals surface area contributed by atoms with Crippen molar-refractivity contribution in [1.29, 1.82) is 0 Å². The van der Waals surface area contributed by atoms with Gasteiger partial charge in [0.25, 0.3) is 0 Å². The summed E-state index contributed by atoms with van der Waals surface area (Å²) in [5, 5.41) is 0. The van der Waals surface area contributed by atoms with Crippen molar-refractivity contribution < 1.29 is 23.8 Å². The number of nitrogens with zero attached hydrogens (tertiary/aromatic N) is 1. The van der Waals surface area contributed by atoms with Gasteiger partial charge in [0.15, 0.2) is 17.3 Å². The number of esters is 1. The molecule has 6 heteroatoms. The number of hydrogen-bond donors (Lipinski definition) is 0. The van der Waals surface area contributed by atoms with Gasteiger partial charge in [0.1, 0.15) is 0 Å². The van der Waals surface area contributed by atoms with Gasteiger partial charge in [-0.2, -0.15) is 0 Å². The third-order valence-corrected chi connectivity index (χ3v) is 3.55. The molecule has 1 aromatic carbocycles. The van der Waals surface area contributed by atoms with E-state index in [9.17, 15) is 9.59 Å². The third-order valence-electron chi connectivity index (χ3n) is 3.55. The fourth-order valence-electron chi connectivity index (χ4n) is 2.16. The lowest BCUT2D eigenvalue weighted by Gasteiger charge is -2.10. The molecule has 0 fully saturated rings. The molecule has 0 saturated heterocycles. The Morgan fingerprint density at radius 2 is 1.88 bits per heavy atom. The molecule has 1 heterocycles. The normalized spacial score (nSPS) is 10.5. The minimum absolute atomic E-state index is 0.108. The number of rotatable bonds is 9. The van der Waals surface area contributed by atoms with E-state index in [4.69, 9.17) is 9.47 Å². The van der Waals surface area contributed by atoms with Gasteiger partial charge >= 0.3 is 5.97 Å². The predicted octanol–water partition coefficient (Wildman–Crippen LogP) is 3.32. The summed E-state index contributed by atoms with van der Waals surface area (Å²) in [7, 11) is 2.87. The lowest BCUT2D eigenvalue weighted by Crippen LogP contribution is -2.05. The molecule has 0 aliphatic heterocycles. The highest BCUT2D eigenvalue weighted by Crippen LogP contribution is 2.27. The van der Waals surface area contributed by atoms with Crippen LogP contribution in [0.1, 0.15) is 28.9 Å². The average molecular weight is 355 g/mol. The quantitative estimate of drug-likeness (QED) is 0.297. The monoisotopic (exact) mass is 355 g/mol. The van der Waals surface area contributed by atoms with Gasteiger partial charge in [0.05, 0.1) is 32.7 Å². The van der Waals surface area contributed by atoms with E-state index in [2.05, 4.69) is 9.72 Å². The van der Waals surface area contributed by atoms with E-state index in [1.54, 1.807) is 24.3 Å². The van der Waals surface area contributed by atoms with E-state index < -0.39 is 0 Å². The molecule has 0 unspecified atom stereocenters. The van der Waals surface area contributed by atoms with E-state index in [1.807, 2.05) is 18.2 Å². The van der Waals surface area contributed by atoms with Crippen molar-refractivity contribution in [3.05, 3.63) is 59.9 Å². The number of hydrogen-bond acceptors (Lipinski definition) is 6. The molecule has 136 valence electrons. The fourth-order valence-corrected chi connectivity index (χ4v) is 2.16. The Morgan fingerprint density at radius 3 is 2.58 bits per heavy atom. The standard InChI is InChI=1S/C20H21NO5/c1-24-19-14-21-16(10-11-17(22)15-7-4-3-5-8-15)13-18(19)26-12-6-9-20(23)25-2/h3-5,7-8,10-11,13-14H,6,9,12H2,1-2H3/b11-10+.